The van der Waals surface area contributed by atoms with E-state index in [1.165, 1.54) is 15.6 Å². The Bertz CT molecular complexity index is 3540. The van der Waals surface area contributed by atoms with Crippen molar-refractivity contribution in [3.63, 3.8) is 0 Å². The van der Waals surface area contributed by atoms with Crippen molar-refractivity contribution in [2.24, 2.45) is 5.92 Å². The number of H-pyrrole nitrogens is 1. The molecule has 3 fully saturated rings. The molecule has 2 saturated heterocycles. The molecule has 2 aliphatic heterocycles. The van der Waals surface area contributed by atoms with Gasteiger partial charge in [0.05, 0.1) is 48.5 Å². The molecular formula is C60H70FN13O7. The van der Waals surface area contributed by atoms with Crippen molar-refractivity contribution < 1.29 is 38.4 Å². The summed E-state index contributed by atoms with van der Waals surface area (Å²) < 4.78 is 38.4. The van der Waals surface area contributed by atoms with Crippen molar-refractivity contribution in [2.45, 2.75) is 110 Å². The number of ether oxygens (including phenoxy) is 3. The van der Waals surface area contributed by atoms with Gasteiger partial charge in [-0.1, -0.05) is 67.6 Å². The van der Waals surface area contributed by atoms with Gasteiger partial charge in [0.25, 0.3) is 0 Å². The van der Waals surface area contributed by atoms with E-state index < -0.39 is 30.1 Å². The molecule has 0 radical (unpaired) electrons. The van der Waals surface area contributed by atoms with E-state index in [0.717, 1.165) is 95.5 Å². The molecule has 3 aliphatic rings. The molecule has 21 heteroatoms. The number of amides is 2. The Labute approximate surface area is 469 Å². The number of hydrogen-bond donors (Lipinski definition) is 5. The number of nitrogens with one attached hydrogen (secondary N) is 3. The van der Waals surface area contributed by atoms with Crippen LogP contribution in [-0.2, 0) is 27.5 Å². The molecule has 1 aliphatic carbocycles. The first-order chi connectivity index (χ1) is 39.3. The fourth-order valence-electron chi connectivity index (χ4n) is 11.3. The molecule has 4 aromatic heterocycles. The predicted molar refractivity (Wildman–Crippen MR) is 304 cm³/mol. The highest BCUT2D eigenvalue weighted by atomic mass is 19.1. The minimum absolute atomic E-state index is 0.0380. The van der Waals surface area contributed by atoms with Crippen molar-refractivity contribution >= 4 is 39.4 Å². The van der Waals surface area contributed by atoms with E-state index in [-0.39, 0.29) is 68.5 Å². The molecule has 0 unspecified atom stereocenters. The number of aliphatic hydroxyl groups excluding tert-OH is 2. The number of aryl methyl sites for hydroxylation is 1. The number of hydrogen-bond acceptors (Lipinski definition) is 15. The standard InChI is InChI=1S/C60H70FN13O7/c1-7-73-50(19-21-64-73)41-17-15-40(16-18-41)49(31-75)65-58(77)51-25-42(76)29-72(51)59(78)55(34(2)3)74-30-48(69-70-74)39-11-9-37(10-12-39)33-80-56-53(52-36(5)46(61)27-47-45(52)28-63-68-47)43(38-13-14-38)26-44-54(56)66-60(81-32-35(4)79-6)67-57(44)71-23-8-20-62-22-24-71/h9-12,15-19,21,26-28,30,34-35,38,42,49,51,55,62,75-76H,7-8,13-14,20,22-25,29,31-33H2,1-6H3,(H,63,68)(H,65,77)/t35-,42+,49-,51-,55-/m0/s1. The summed E-state index contributed by atoms with van der Waals surface area (Å²) in [6.45, 7) is 13.3. The fourth-order valence-corrected chi connectivity index (χ4v) is 11.3. The minimum atomic E-state index is -0.986. The number of aromatic amines is 1. The molecule has 5 atom stereocenters. The van der Waals surface area contributed by atoms with Gasteiger partial charge in [-0.15, -0.1) is 5.10 Å². The van der Waals surface area contributed by atoms with Crippen LogP contribution in [0.25, 0.3) is 55.4 Å². The molecule has 424 valence electrons. The Hall–Kier alpha value is -7.85. The van der Waals surface area contributed by atoms with Gasteiger partial charge in [0.2, 0.25) is 11.8 Å². The second-order valence-electron chi connectivity index (χ2n) is 21.9. The van der Waals surface area contributed by atoms with Crippen molar-refractivity contribution in [3.05, 3.63) is 113 Å². The molecule has 8 aromatic rings. The fraction of sp³-hybridized carbons (Fsp3) is 0.433. The topological polar surface area (TPSA) is 236 Å². The van der Waals surface area contributed by atoms with E-state index in [1.807, 2.05) is 87.0 Å². The number of halogens is 1. The predicted octanol–water partition coefficient (Wildman–Crippen LogP) is 7.44. The molecule has 2 amide bonds. The largest absolute Gasteiger partial charge is 0.486 e. The second kappa shape index (κ2) is 23.7. The lowest BCUT2D eigenvalue weighted by Crippen LogP contribution is -2.50. The van der Waals surface area contributed by atoms with E-state index >= 15 is 4.39 Å². The number of likely N-dealkylation sites (tertiary alicyclic amines) is 1. The number of nitrogens with zero attached hydrogens (tertiary/aromatic N) is 10. The molecule has 11 rings (SSSR count). The van der Waals surface area contributed by atoms with Gasteiger partial charge in [0.1, 0.15) is 48.1 Å². The van der Waals surface area contributed by atoms with E-state index in [9.17, 15) is 19.8 Å². The first-order valence-electron chi connectivity index (χ1n) is 28.1. The second-order valence-corrected chi connectivity index (χ2v) is 21.9. The number of carbonyl (C=O) groups excluding carboxylic acids is 2. The summed E-state index contributed by atoms with van der Waals surface area (Å²) in [5.41, 5.74) is 8.75. The van der Waals surface area contributed by atoms with Crippen LogP contribution < -0.4 is 25.0 Å². The summed E-state index contributed by atoms with van der Waals surface area (Å²) in [5, 5.41) is 50.1. The van der Waals surface area contributed by atoms with Crippen LogP contribution in [0.15, 0.2) is 85.3 Å². The Kier molecular flexibility index (Phi) is 16.1. The van der Waals surface area contributed by atoms with Gasteiger partial charge in [0, 0.05) is 79.9 Å². The average Bonchev–Trinajstić information content (AvgIpc) is 3.67. The summed E-state index contributed by atoms with van der Waals surface area (Å²) in [7, 11) is 1.63. The highest BCUT2D eigenvalue weighted by Crippen LogP contribution is 2.53. The summed E-state index contributed by atoms with van der Waals surface area (Å²) >= 11 is 0. The molecule has 4 aromatic carbocycles. The van der Waals surface area contributed by atoms with Crippen LogP contribution >= 0.6 is 0 Å². The Morgan fingerprint density at radius 1 is 0.951 bits per heavy atom. The zero-order chi connectivity index (χ0) is 56.5. The van der Waals surface area contributed by atoms with Gasteiger partial charge in [-0.3, -0.25) is 19.4 Å². The molecule has 5 N–H and O–H groups in total. The molecule has 0 spiro atoms. The zero-order valence-electron chi connectivity index (χ0n) is 46.6. The van der Waals surface area contributed by atoms with Crippen molar-refractivity contribution in [2.75, 3.05) is 57.9 Å². The van der Waals surface area contributed by atoms with Gasteiger partial charge in [-0.2, -0.15) is 20.2 Å². The number of β-amino-alcohol motifs (C(OH)–C–C–N with tert-alkyl or cyclic N) is 1. The third-order valence-corrected chi connectivity index (χ3v) is 15.9. The smallest absolute Gasteiger partial charge is 0.319 e. The lowest BCUT2D eigenvalue weighted by Gasteiger charge is -2.30. The third-order valence-electron chi connectivity index (χ3n) is 15.9. The van der Waals surface area contributed by atoms with Crippen LogP contribution in [-0.4, -0.2) is 143 Å². The van der Waals surface area contributed by atoms with E-state index in [1.54, 1.807) is 32.6 Å². The van der Waals surface area contributed by atoms with Crippen LogP contribution in [0.4, 0.5) is 10.2 Å². The van der Waals surface area contributed by atoms with E-state index in [0.29, 0.717) is 45.7 Å². The molecule has 20 nitrogen and oxygen atoms in total. The number of anilines is 1. The first-order valence-corrected chi connectivity index (χ1v) is 28.1. The van der Waals surface area contributed by atoms with Crippen molar-refractivity contribution in [1.29, 1.82) is 0 Å². The first kappa shape index (κ1) is 55.1. The quantitative estimate of drug-likeness (QED) is 0.0499. The molecule has 81 heavy (non-hydrogen) atoms. The Balaban J connectivity index is 0.867. The Morgan fingerprint density at radius 2 is 1.74 bits per heavy atom. The van der Waals surface area contributed by atoms with Crippen molar-refractivity contribution in [3.8, 4) is 45.4 Å². The highest BCUT2D eigenvalue weighted by molar-refractivity contribution is 6.06. The van der Waals surface area contributed by atoms with Gasteiger partial charge in [0.15, 0.2) is 5.75 Å². The number of aliphatic hydroxyl groups is 2. The summed E-state index contributed by atoms with van der Waals surface area (Å²) in [5.74, 6) is -0.0645. The molecular weight excluding hydrogens is 1030 g/mol. The van der Waals surface area contributed by atoms with Gasteiger partial charge in [-0.05, 0) is 104 Å². The maximum Gasteiger partial charge on any atom is 0.319 e. The normalized spacial score (nSPS) is 17.9. The number of methoxy groups -OCH3 is 1. The lowest BCUT2D eigenvalue weighted by molar-refractivity contribution is -0.142. The average molecular weight is 1100 g/mol. The third kappa shape index (κ3) is 11.3. The minimum Gasteiger partial charge on any atom is -0.486 e. The van der Waals surface area contributed by atoms with Gasteiger partial charge in [-0.25, -0.2) is 9.07 Å². The number of benzene rings is 4. The summed E-state index contributed by atoms with van der Waals surface area (Å²) in [6.07, 6.45) is 6.95. The monoisotopic (exact) mass is 1100 g/mol. The molecule has 0 bridgehead atoms. The van der Waals surface area contributed by atoms with Crippen LogP contribution in [0.3, 0.4) is 0 Å². The molecule has 1 saturated carbocycles. The summed E-state index contributed by atoms with van der Waals surface area (Å²) in [6, 6.07) is 18.5. The van der Waals surface area contributed by atoms with Crippen LogP contribution in [0.2, 0.25) is 0 Å². The number of carbonyl (C=O) groups is 2. The summed E-state index contributed by atoms with van der Waals surface area (Å²) in [4.78, 5) is 42.6. The Morgan fingerprint density at radius 3 is 2.48 bits per heavy atom. The van der Waals surface area contributed by atoms with E-state index in [2.05, 4.69) is 47.2 Å². The highest BCUT2D eigenvalue weighted by Gasteiger charge is 2.43. The van der Waals surface area contributed by atoms with Crippen LogP contribution in [0, 0.1) is 18.7 Å². The van der Waals surface area contributed by atoms with Crippen LogP contribution in [0.1, 0.15) is 93.6 Å². The van der Waals surface area contributed by atoms with Crippen molar-refractivity contribution in [1.82, 2.24) is 60.5 Å². The number of fused-ring (bicyclic) bond motifs is 2. The van der Waals surface area contributed by atoms with E-state index in [4.69, 9.17) is 24.2 Å². The van der Waals surface area contributed by atoms with Gasteiger partial charge >= 0.3 is 6.01 Å². The maximum atomic E-state index is 16.1. The number of aromatic nitrogens is 9. The zero-order valence-corrected chi connectivity index (χ0v) is 46.6. The van der Waals surface area contributed by atoms with Gasteiger partial charge < -0.3 is 44.9 Å². The van der Waals surface area contributed by atoms with Crippen LogP contribution in [0.5, 0.6) is 11.8 Å². The number of rotatable bonds is 20. The maximum absolute atomic E-state index is 16.1. The SMILES string of the molecule is CCn1nccc1-c1ccc([C@H](CO)NC(=O)[C@@H]2C[C@@H](O)CN2C(=O)[C@H](C(C)C)n2cc(-c3ccc(COc4c(-c5c(C)c(F)cc6[nH]ncc56)c(C5CC5)cc5c(N6CCCNCC6)nc(OC[C@H](C)OC)nc45)cc3)nn2)cc1. The molecule has 6 heterocycles. The lowest BCUT2D eigenvalue weighted by atomic mass is 9.88.